The molecule has 0 saturated heterocycles. The summed E-state index contributed by atoms with van der Waals surface area (Å²) in [6.45, 7) is 2.87. The number of anilines is 3. The Balaban J connectivity index is 2.11. The van der Waals surface area contributed by atoms with Crippen molar-refractivity contribution in [2.75, 3.05) is 11.1 Å². The van der Waals surface area contributed by atoms with E-state index in [-0.39, 0.29) is 0 Å². The fourth-order valence-electron chi connectivity index (χ4n) is 1.15. The monoisotopic (exact) mass is 204 g/mol. The van der Waals surface area contributed by atoms with Gasteiger partial charge in [-0.3, -0.25) is 4.68 Å². The Morgan fingerprint density at radius 3 is 2.80 bits per heavy atom. The van der Waals surface area contributed by atoms with Crippen LogP contribution in [0.1, 0.15) is 6.92 Å². The van der Waals surface area contributed by atoms with Crippen molar-refractivity contribution in [3.63, 3.8) is 0 Å². The average molecular weight is 204 g/mol. The molecule has 0 aliphatic heterocycles. The quantitative estimate of drug-likeness (QED) is 0.780. The van der Waals surface area contributed by atoms with Gasteiger partial charge in [-0.2, -0.15) is 5.10 Å². The number of aryl methyl sites for hydroxylation is 1. The summed E-state index contributed by atoms with van der Waals surface area (Å²) in [5.74, 6) is 1.06. The van der Waals surface area contributed by atoms with Crippen LogP contribution in [0.25, 0.3) is 0 Å². The van der Waals surface area contributed by atoms with Gasteiger partial charge in [-0.05, 0) is 6.92 Å². The first-order valence-corrected chi connectivity index (χ1v) is 4.65. The first-order chi connectivity index (χ1) is 7.28. The van der Waals surface area contributed by atoms with E-state index in [4.69, 9.17) is 5.73 Å². The number of aromatic nitrogens is 4. The molecule has 15 heavy (non-hydrogen) atoms. The fourth-order valence-corrected chi connectivity index (χ4v) is 1.15. The summed E-state index contributed by atoms with van der Waals surface area (Å²) in [6, 6.07) is 0. The van der Waals surface area contributed by atoms with Gasteiger partial charge in [-0.25, -0.2) is 9.97 Å². The molecular weight excluding hydrogens is 192 g/mol. The van der Waals surface area contributed by atoms with E-state index in [0.29, 0.717) is 11.6 Å². The maximum absolute atomic E-state index is 5.43. The Hall–Kier alpha value is -2.11. The van der Waals surface area contributed by atoms with E-state index in [1.54, 1.807) is 12.4 Å². The summed E-state index contributed by atoms with van der Waals surface area (Å²) in [5, 5.41) is 7.20. The van der Waals surface area contributed by atoms with E-state index in [9.17, 15) is 0 Å². The molecule has 0 saturated carbocycles. The van der Waals surface area contributed by atoms with Gasteiger partial charge in [0.15, 0.2) is 0 Å². The van der Waals surface area contributed by atoms with Crippen molar-refractivity contribution < 1.29 is 0 Å². The van der Waals surface area contributed by atoms with Gasteiger partial charge in [-0.15, -0.1) is 0 Å². The normalized spacial score (nSPS) is 10.2. The lowest BCUT2D eigenvalue weighted by atomic mass is 10.5. The molecule has 0 bridgehead atoms. The lowest BCUT2D eigenvalue weighted by Crippen LogP contribution is -1.96. The number of rotatable bonds is 3. The minimum absolute atomic E-state index is 0.407. The molecule has 0 unspecified atom stereocenters. The molecule has 0 aromatic carbocycles. The van der Waals surface area contributed by atoms with Gasteiger partial charge in [0.1, 0.15) is 11.6 Å². The summed E-state index contributed by atoms with van der Waals surface area (Å²) < 4.78 is 1.83. The molecular formula is C9H12N6. The van der Waals surface area contributed by atoms with E-state index in [1.807, 2.05) is 17.8 Å². The van der Waals surface area contributed by atoms with Crippen LogP contribution in [0.2, 0.25) is 0 Å². The molecule has 6 heteroatoms. The highest BCUT2D eigenvalue weighted by molar-refractivity contribution is 5.53. The topological polar surface area (TPSA) is 81.7 Å². The van der Waals surface area contributed by atoms with Crippen LogP contribution >= 0.6 is 0 Å². The first kappa shape index (κ1) is 9.45. The number of hydrogen-bond acceptors (Lipinski definition) is 5. The first-order valence-electron chi connectivity index (χ1n) is 4.65. The van der Waals surface area contributed by atoms with E-state index in [0.717, 1.165) is 12.2 Å². The minimum atomic E-state index is 0.407. The smallest absolute Gasteiger partial charge is 0.149 e. The number of nitrogens with two attached hydrogens (primary N) is 1. The zero-order chi connectivity index (χ0) is 10.7. The molecule has 0 radical (unpaired) electrons. The van der Waals surface area contributed by atoms with Crippen molar-refractivity contribution >= 4 is 17.3 Å². The molecule has 0 aliphatic carbocycles. The Bertz CT molecular complexity index is 432. The number of nitrogens with zero attached hydrogens (tertiary/aromatic N) is 4. The van der Waals surface area contributed by atoms with Crippen molar-refractivity contribution in [2.24, 2.45) is 0 Å². The van der Waals surface area contributed by atoms with Crippen LogP contribution < -0.4 is 11.1 Å². The number of nitrogens with one attached hydrogen (secondary N) is 1. The molecule has 0 amide bonds. The summed E-state index contributed by atoms with van der Waals surface area (Å²) >= 11 is 0. The molecule has 78 valence electrons. The van der Waals surface area contributed by atoms with Crippen LogP contribution in [0.4, 0.5) is 17.3 Å². The third kappa shape index (κ3) is 2.22. The second kappa shape index (κ2) is 3.95. The fraction of sp³-hybridized carbons (Fsp3) is 0.222. The lowest BCUT2D eigenvalue weighted by molar-refractivity contribution is 0.660. The zero-order valence-electron chi connectivity index (χ0n) is 8.38. The molecule has 0 aliphatic rings. The van der Waals surface area contributed by atoms with E-state index in [2.05, 4.69) is 20.4 Å². The predicted molar refractivity (Wildman–Crippen MR) is 57.6 cm³/mol. The van der Waals surface area contributed by atoms with Gasteiger partial charge in [0, 0.05) is 12.7 Å². The summed E-state index contributed by atoms with van der Waals surface area (Å²) in [4.78, 5) is 8.00. The molecule has 2 aromatic heterocycles. The van der Waals surface area contributed by atoms with Crippen molar-refractivity contribution in [1.29, 1.82) is 0 Å². The molecule has 2 heterocycles. The standard InChI is InChI=1S/C9H12N6/c1-2-15-6-7(3-13-15)14-9-5-11-8(10)4-12-9/h3-6H,2H2,1H3,(H2,10,11)(H,12,14). The zero-order valence-corrected chi connectivity index (χ0v) is 8.38. The second-order valence-electron chi connectivity index (χ2n) is 3.04. The lowest BCUT2D eigenvalue weighted by Gasteiger charge is -2.00. The highest BCUT2D eigenvalue weighted by atomic mass is 15.3. The molecule has 2 rings (SSSR count). The third-order valence-electron chi connectivity index (χ3n) is 1.90. The Morgan fingerprint density at radius 1 is 1.33 bits per heavy atom. The van der Waals surface area contributed by atoms with E-state index < -0.39 is 0 Å². The van der Waals surface area contributed by atoms with Gasteiger partial charge in [0.05, 0.1) is 24.3 Å². The van der Waals surface area contributed by atoms with E-state index in [1.165, 1.54) is 6.20 Å². The van der Waals surface area contributed by atoms with Gasteiger partial charge in [0.25, 0.3) is 0 Å². The van der Waals surface area contributed by atoms with Crippen molar-refractivity contribution in [3.8, 4) is 0 Å². The SMILES string of the molecule is CCn1cc(Nc2cnc(N)cn2)cn1. The van der Waals surface area contributed by atoms with Crippen molar-refractivity contribution in [2.45, 2.75) is 13.5 Å². The molecule has 0 atom stereocenters. The van der Waals surface area contributed by atoms with E-state index >= 15 is 0 Å². The number of nitrogen functional groups attached to an aromatic ring is 1. The van der Waals surface area contributed by atoms with Crippen LogP contribution in [-0.2, 0) is 6.54 Å². The van der Waals surface area contributed by atoms with Crippen LogP contribution in [0, 0.1) is 0 Å². The molecule has 6 nitrogen and oxygen atoms in total. The molecule has 3 N–H and O–H groups in total. The highest BCUT2D eigenvalue weighted by Gasteiger charge is 1.99. The second-order valence-corrected chi connectivity index (χ2v) is 3.04. The van der Waals surface area contributed by atoms with Crippen LogP contribution in [0.15, 0.2) is 24.8 Å². The maximum Gasteiger partial charge on any atom is 0.149 e. The van der Waals surface area contributed by atoms with Crippen LogP contribution in [0.5, 0.6) is 0 Å². The average Bonchev–Trinajstić information content (AvgIpc) is 2.69. The van der Waals surface area contributed by atoms with Crippen LogP contribution in [0.3, 0.4) is 0 Å². The van der Waals surface area contributed by atoms with Gasteiger partial charge >= 0.3 is 0 Å². The Kier molecular flexibility index (Phi) is 2.49. The maximum atomic E-state index is 5.43. The third-order valence-corrected chi connectivity index (χ3v) is 1.90. The Morgan fingerprint density at radius 2 is 2.20 bits per heavy atom. The van der Waals surface area contributed by atoms with Gasteiger partial charge < -0.3 is 11.1 Å². The molecule has 0 spiro atoms. The predicted octanol–water partition coefficient (Wildman–Crippen LogP) is 1.02. The van der Waals surface area contributed by atoms with Crippen LogP contribution in [-0.4, -0.2) is 19.7 Å². The van der Waals surface area contributed by atoms with Gasteiger partial charge in [0.2, 0.25) is 0 Å². The highest BCUT2D eigenvalue weighted by Crippen LogP contribution is 2.12. The molecule has 2 aromatic rings. The minimum Gasteiger partial charge on any atom is -0.382 e. The molecule has 0 fully saturated rings. The number of hydrogen-bond donors (Lipinski definition) is 2. The largest absolute Gasteiger partial charge is 0.382 e. The summed E-state index contributed by atoms with van der Waals surface area (Å²) in [6.07, 6.45) is 6.73. The van der Waals surface area contributed by atoms with Crippen molar-refractivity contribution in [3.05, 3.63) is 24.8 Å². The van der Waals surface area contributed by atoms with Crippen molar-refractivity contribution in [1.82, 2.24) is 19.7 Å². The summed E-state index contributed by atoms with van der Waals surface area (Å²) in [5.41, 5.74) is 6.31. The Labute approximate surface area is 87.2 Å². The van der Waals surface area contributed by atoms with Gasteiger partial charge in [-0.1, -0.05) is 0 Å². The summed E-state index contributed by atoms with van der Waals surface area (Å²) in [7, 11) is 0.